The van der Waals surface area contributed by atoms with Gasteiger partial charge in [-0.3, -0.25) is 14.3 Å². The van der Waals surface area contributed by atoms with Crippen LogP contribution in [0.15, 0.2) is 53.1 Å². The van der Waals surface area contributed by atoms with E-state index >= 15 is 0 Å². The standard InChI is InChI=1S/C26H30N4O4/c1-26(25(32)27-19-7-4-3-5-8-19)17-30-23(24(31)29(26)16-21-9-6-14-34-21)15-22(28-30)18-10-12-20(33-2)13-11-18/h6,9-15,19H,3-5,7-8,16-17H2,1-2H3,(H,27,32)/t26-/m1/s1. The smallest absolute Gasteiger partial charge is 0.273 e. The zero-order valence-corrected chi connectivity index (χ0v) is 19.6. The van der Waals surface area contributed by atoms with Gasteiger partial charge in [0.15, 0.2) is 0 Å². The Morgan fingerprint density at radius 3 is 2.65 bits per heavy atom. The summed E-state index contributed by atoms with van der Waals surface area (Å²) in [7, 11) is 1.62. The highest BCUT2D eigenvalue weighted by Crippen LogP contribution is 2.32. The molecule has 0 bridgehead atoms. The molecule has 8 nitrogen and oxygen atoms in total. The highest BCUT2D eigenvalue weighted by molar-refractivity contribution is 6.00. The lowest BCUT2D eigenvalue weighted by atomic mass is 9.91. The molecule has 0 unspecified atom stereocenters. The van der Waals surface area contributed by atoms with Gasteiger partial charge in [-0.25, -0.2) is 0 Å². The number of nitrogens with one attached hydrogen (secondary N) is 1. The number of nitrogens with zero attached hydrogens (tertiary/aromatic N) is 3. The molecule has 8 heteroatoms. The number of carbonyl (C=O) groups is 2. The van der Waals surface area contributed by atoms with Gasteiger partial charge in [0.05, 0.1) is 32.2 Å². The molecule has 3 heterocycles. The van der Waals surface area contributed by atoms with E-state index in [9.17, 15) is 9.59 Å². The van der Waals surface area contributed by atoms with Crippen LogP contribution in [-0.4, -0.2) is 45.2 Å². The molecule has 2 aliphatic rings. The van der Waals surface area contributed by atoms with Gasteiger partial charge in [-0.15, -0.1) is 0 Å². The number of hydrogen-bond acceptors (Lipinski definition) is 5. The largest absolute Gasteiger partial charge is 0.497 e. The van der Waals surface area contributed by atoms with Crippen molar-refractivity contribution in [3.63, 3.8) is 0 Å². The maximum Gasteiger partial charge on any atom is 0.273 e. The molecule has 1 atom stereocenters. The van der Waals surface area contributed by atoms with Crippen molar-refractivity contribution < 1.29 is 18.7 Å². The average Bonchev–Trinajstić information content (AvgIpc) is 3.52. The van der Waals surface area contributed by atoms with Crippen molar-refractivity contribution in [1.29, 1.82) is 0 Å². The van der Waals surface area contributed by atoms with E-state index in [2.05, 4.69) is 5.32 Å². The lowest BCUT2D eigenvalue weighted by Gasteiger charge is -2.43. The van der Waals surface area contributed by atoms with Gasteiger partial charge in [-0.2, -0.15) is 5.10 Å². The molecule has 1 aromatic carbocycles. The number of rotatable bonds is 6. The summed E-state index contributed by atoms with van der Waals surface area (Å²) in [6, 6.07) is 13.1. The van der Waals surface area contributed by atoms with E-state index in [-0.39, 0.29) is 30.9 Å². The number of fused-ring (bicyclic) bond motifs is 1. The minimum atomic E-state index is -1.10. The van der Waals surface area contributed by atoms with Crippen LogP contribution in [0.5, 0.6) is 5.75 Å². The molecule has 178 valence electrons. The minimum Gasteiger partial charge on any atom is -0.497 e. The number of ether oxygens (including phenoxy) is 1. The maximum absolute atomic E-state index is 13.7. The summed E-state index contributed by atoms with van der Waals surface area (Å²) in [5.74, 6) is 0.997. The summed E-state index contributed by atoms with van der Waals surface area (Å²) >= 11 is 0. The van der Waals surface area contributed by atoms with Crippen molar-refractivity contribution in [2.75, 3.05) is 7.11 Å². The molecule has 0 saturated heterocycles. The van der Waals surface area contributed by atoms with E-state index in [1.165, 1.54) is 6.42 Å². The first kappa shape index (κ1) is 22.3. The van der Waals surface area contributed by atoms with Crippen LogP contribution >= 0.6 is 0 Å². The molecule has 1 saturated carbocycles. The Morgan fingerprint density at radius 1 is 1.21 bits per heavy atom. The molecule has 0 radical (unpaired) electrons. The number of hydrogen-bond donors (Lipinski definition) is 1. The van der Waals surface area contributed by atoms with Crippen LogP contribution in [-0.2, 0) is 17.9 Å². The molecular formula is C26H30N4O4. The first-order chi connectivity index (χ1) is 16.5. The molecule has 1 fully saturated rings. The summed E-state index contributed by atoms with van der Waals surface area (Å²) in [6.45, 7) is 2.30. The van der Waals surface area contributed by atoms with Crippen LogP contribution in [0.3, 0.4) is 0 Å². The summed E-state index contributed by atoms with van der Waals surface area (Å²) in [5, 5.41) is 7.93. The van der Waals surface area contributed by atoms with Crippen LogP contribution in [0.1, 0.15) is 55.3 Å². The fourth-order valence-electron chi connectivity index (χ4n) is 4.94. The van der Waals surface area contributed by atoms with E-state index in [1.807, 2.05) is 37.3 Å². The van der Waals surface area contributed by atoms with E-state index in [1.54, 1.807) is 35.1 Å². The number of benzene rings is 1. The molecule has 1 aliphatic heterocycles. The van der Waals surface area contributed by atoms with Gasteiger partial charge in [0, 0.05) is 11.6 Å². The Bertz CT molecular complexity index is 1160. The second-order valence-corrected chi connectivity index (χ2v) is 9.35. The van der Waals surface area contributed by atoms with Gasteiger partial charge in [-0.05, 0) is 62.2 Å². The van der Waals surface area contributed by atoms with Crippen LogP contribution in [0.4, 0.5) is 0 Å². The molecule has 1 aliphatic carbocycles. The number of carbonyl (C=O) groups excluding carboxylic acids is 2. The van der Waals surface area contributed by atoms with Crippen LogP contribution in [0.25, 0.3) is 11.3 Å². The number of furan rings is 1. The zero-order chi connectivity index (χ0) is 23.7. The molecule has 2 aromatic heterocycles. The fourth-order valence-corrected chi connectivity index (χ4v) is 4.94. The zero-order valence-electron chi connectivity index (χ0n) is 19.6. The lowest BCUT2D eigenvalue weighted by Crippen LogP contribution is -2.64. The molecule has 2 amide bonds. The number of amides is 2. The summed E-state index contributed by atoms with van der Waals surface area (Å²) < 4.78 is 12.4. The maximum atomic E-state index is 13.7. The monoisotopic (exact) mass is 462 g/mol. The van der Waals surface area contributed by atoms with Crippen LogP contribution in [0, 0.1) is 0 Å². The SMILES string of the molecule is COc1ccc(-c2cc3n(n2)C[C@](C)(C(=O)NC2CCCCC2)N(Cc2ccco2)C3=O)cc1. The Morgan fingerprint density at radius 2 is 1.97 bits per heavy atom. The number of methoxy groups -OCH3 is 1. The van der Waals surface area contributed by atoms with E-state index in [0.717, 1.165) is 37.0 Å². The van der Waals surface area contributed by atoms with Crippen molar-refractivity contribution >= 4 is 11.8 Å². The van der Waals surface area contributed by atoms with Gasteiger partial charge in [-0.1, -0.05) is 19.3 Å². The summed E-state index contributed by atoms with van der Waals surface area (Å²) in [5.41, 5.74) is 0.917. The predicted octanol–water partition coefficient (Wildman–Crippen LogP) is 4.02. The normalized spacial score (nSPS) is 20.8. The van der Waals surface area contributed by atoms with Gasteiger partial charge < -0.3 is 19.4 Å². The van der Waals surface area contributed by atoms with Crippen LogP contribution < -0.4 is 10.1 Å². The van der Waals surface area contributed by atoms with E-state index in [4.69, 9.17) is 14.3 Å². The van der Waals surface area contributed by atoms with Gasteiger partial charge in [0.2, 0.25) is 5.91 Å². The first-order valence-electron chi connectivity index (χ1n) is 11.9. The van der Waals surface area contributed by atoms with Crippen molar-refractivity contribution in [2.45, 2.75) is 63.7 Å². The lowest BCUT2D eigenvalue weighted by molar-refractivity contribution is -0.134. The second-order valence-electron chi connectivity index (χ2n) is 9.35. The highest BCUT2D eigenvalue weighted by Gasteiger charge is 2.48. The van der Waals surface area contributed by atoms with Crippen molar-refractivity contribution in [3.05, 3.63) is 60.2 Å². The molecular weight excluding hydrogens is 432 g/mol. The van der Waals surface area contributed by atoms with Crippen molar-refractivity contribution in [2.24, 2.45) is 0 Å². The van der Waals surface area contributed by atoms with E-state index < -0.39 is 5.54 Å². The second kappa shape index (κ2) is 9.00. The molecule has 0 spiro atoms. The summed E-state index contributed by atoms with van der Waals surface area (Å²) in [4.78, 5) is 29.0. The number of aromatic nitrogens is 2. The fraction of sp³-hybridized carbons (Fsp3) is 0.423. The minimum absolute atomic E-state index is 0.146. The topological polar surface area (TPSA) is 89.6 Å². The third-order valence-electron chi connectivity index (χ3n) is 7.01. The average molecular weight is 463 g/mol. The third-order valence-corrected chi connectivity index (χ3v) is 7.01. The predicted molar refractivity (Wildman–Crippen MR) is 126 cm³/mol. The van der Waals surface area contributed by atoms with Gasteiger partial charge >= 0.3 is 0 Å². The summed E-state index contributed by atoms with van der Waals surface area (Å²) in [6.07, 6.45) is 6.97. The molecule has 34 heavy (non-hydrogen) atoms. The van der Waals surface area contributed by atoms with Crippen molar-refractivity contribution in [1.82, 2.24) is 20.0 Å². The Hall–Kier alpha value is -3.55. The van der Waals surface area contributed by atoms with Gasteiger partial charge in [0.25, 0.3) is 5.91 Å². The molecule has 5 rings (SSSR count). The highest BCUT2D eigenvalue weighted by atomic mass is 16.5. The molecule has 1 N–H and O–H groups in total. The Labute approximate surface area is 198 Å². The Balaban J connectivity index is 1.48. The third kappa shape index (κ3) is 4.08. The quantitative estimate of drug-likeness (QED) is 0.598. The van der Waals surface area contributed by atoms with Crippen molar-refractivity contribution in [3.8, 4) is 17.0 Å². The first-order valence-corrected chi connectivity index (χ1v) is 11.9. The van der Waals surface area contributed by atoms with Gasteiger partial charge in [0.1, 0.15) is 22.7 Å². The van der Waals surface area contributed by atoms with E-state index in [0.29, 0.717) is 17.1 Å². The Kier molecular flexibility index (Phi) is 5.89. The van der Waals surface area contributed by atoms with Crippen LogP contribution in [0.2, 0.25) is 0 Å². The molecule has 3 aromatic rings.